The Hall–Kier alpha value is -1.12. The molecule has 0 spiro atoms. The lowest BCUT2D eigenvalue weighted by atomic mass is 9.96. The topological polar surface area (TPSA) is 34.9 Å². The zero-order chi connectivity index (χ0) is 10.8. The molecular formula is C12H18N2O. The number of ketones is 1. The first-order chi connectivity index (χ1) is 7.24. The van der Waals surface area contributed by atoms with Crippen LogP contribution in [0.25, 0.3) is 0 Å². The second-order valence-corrected chi connectivity index (χ2v) is 4.38. The molecule has 1 aromatic heterocycles. The van der Waals surface area contributed by atoms with Crippen molar-refractivity contribution in [2.24, 2.45) is 0 Å². The van der Waals surface area contributed by atoms with Gasteiger partial charge in [0.1, 0.15) is 5.69 Å². The van der Waals surface area contributed by atoms with Gasteiger partial charge in [0.2, 0.25) is 0 Å². The number of carbonyl (C=O) groups excluding carboxylic acids is 1. The van der Waals surface area contributed by atoms with Gasteiger partial charge in [-0.1, -0.05) is 13.3 Å². The van der Waals surface area contributed by atoms with Crippen molar-refractivity contribution >= 4 is 5.78 Å². The average molecular weight is 206 g/mol. The smallest absolute Gasteiger partial charge is 0.181 e. The summed E-state index contributed by atoms with van der Waals surface area (Å²) in [5.41, 5.74) is 2.02. The quantitative estimate of drug-likeness (QED) is 0.762. The lowest BCUT2D eigenvalue weighted by Gasteiger charge is -2.17. The molecule has 1 heterocycles. The van der Waals surface area contributed by atoms with Crippen LogP contribution in [-0.4, -0.2) is 15.6 Å². The highest BCUT2D eigenvalue weighted by Gasteiger charge is 2.24. The maximum Gasteiger partial charge on any atom is 0.181 e. The molecule has 1 atom stereocenters. The van der Waals surface area contributed by atoms with Crippen molar-refractivity contribution < 1.29 is 4.79 Å². The van der Waals surface area contributed by atoms with Crippen LogP contribution in [0.1, 0.15) is 61.6 Å². The lowest BCUT2D eigenvalue weighted by molar-refractivity contribution is 0.0959. The van der Waals surface area contributed by atoms with E-state index in [1.54, 1.807) is 0 Å². The number of fused-ring (bicyclic) bond motifs is 1. The van der Waals surface area contributed by atoms with Crippen molar-refractivity contribution in [3.05, 3.63) is 17.5 Å². The summed E-state index contributed by atoms with van der Waals surface area (Å²) in [5.74, 6) is 0.275. The first-order valence-corrected chi connectivity index (χ1v) is 5.83. The summed E-state index contributed by atoms with van der Waals surface area (Å²) >= 11 is 0. The van der Waals surface area contributed by atoms with Gasteiger partial charge in [-0.2, -0.15) is 5.10 Å². The van der Waals surface area contributed by atoms with Gasteiger partial charge in [0.15, 0.2) is 5.78 Å². The third-order valence-electron chi connectivity index (χ3n) is 3.11. The molecule has 0 saturated heterocycles. The highest BCUT2D eigenvalue weighted by Crippen LogP contribution is 2.24. The van der Waals surface area contributed by atoms with Gasteiger partial charge in [-0.3, -0.25) is 9.48 Å². The molecule has 0 fully saturated rings. The van der Waals surface area contributed by atoms with Gasteiger partial charge in [0.25, 0.3) is 0 Å². The molecule has 3 heteroatoms. The number of carbonyl (C=O) groups is 1. The fourth-order valence-electron chi connectivity index (χ4n) is 2.32. The minimum absolute atomic E-state index is 0.275. The van der Waals surface area contributed by atoms with Gasteiger partial charge in [-0.05, 0) is 26.2 Å². The summed E-state index contributed by atoms with van der Waals surface area (Å²) in [5, 5.41) is 4.36. The second-order valence-electron chi connectivity index (χ2n) is 4.38. The third-order valence-corrected chi connectivity index (χ3v) is 3.11. The Morgan fingerprint density at radius 1 is 1.53 bits per heavy atom. The van der Waals surface area contributed by atoms with Gasteiger partial charge >= 0.3 is 0 Å². The molecule has 0 aliphatic heterocycles. The van der Waals surface area contributed by atoms with Crippen molar-refractivity contribution in [1.82, 2.24) is 9.78 Å². The Morgan fingerprint density at radius 2 is 2.33 bits per heavy atom. The molecule has 2 rings (SSSR count). The zero-order valence-electron chi connectivity index (χ0n) is 9.49. The van der Waals surface area contributed by atoms with Crippen LogP contribution in [-0.2, 0) is 6.42 Å². The summed E-state index contributed by atoms with van der Waals surface area (Å²) in [4.78, 5) is 11.8. The predicted molar refractivity (Wildman–Crippen MR) is 59.1 cm³/mol. The first kappa shape index (κ1) is 10.4. The van der Waals surface area contributed by atoms with Crippen LogP contribution in [0.5, 0.6) is 0 Å². The molecule has 82 valence electrons. The Kier molecular flexibility index (Phi) is 2.89. The summed E-state index contributed by atoms with van der Waals surface area (Å²) in [6.07, 6.45) is 6.78. The van der Waals surface area contributed by atoms with E-state index in [-0.39, 0.29) is 5.78 Å². The van der Waals surface area contributed by atoms with Crippen LogP contribution in [0.2, 0.25) is 0 Å². The van der Waals surface area contributed by atoms with Crippen LogP contribution < -0.4 is 0 Å². The van der Waals surface area contributed by atoms with Crippen molar-refractivity contribution in [3.8, 4) is 0 Å². The number of nitrogens with zero attached hydrogens (tertiary/aromatic N) is 2. The molecule has 0 bridgehead atoms. The minimum atomic E-state index is 0.275. The molecule has 1 aliphatic rings. The summed E-state index contributed by atoms with van der Waals surface area (Å²) in [6.45, 7) is 4.30. The van der Waals surface area contributed by atoms with E-state index >= 15 is 0 Å². The summed E-state index contributed by atoms with van der Waals surface area (Å²) in [7, 11) is 0. The number of aromatic nitrogens is 2. The average Bonchev–Trinajstić information content (AvgIpc) is 2.63. The third kappa shape index (κ3) is 1.83. The van der Waals surface area contributed by atoms with E-state index in [4.69, 9.17) is 0 Å². The van der Waals surface area contributed by atoms with E-state index < -0.39 is 0 Å². The normalized spacial score (nSPS) is 17.6. The Bertz CT molecular complexity index is 368. The van der Waals surface area contributed by atoms with E-state index in [1.807, 2.05) is 10.9 Å². The number of hydrogen-bond donors (Lipinski definition) is 0. The summed E-state index contributed by atoms with van der Waals surface area (Å²) in [6, 6.07) is 0.348. The standard InChI is InChI=1S/C12H18N2O/c1-3-5-9(2)14-12-10(8-13-14)6-4-7-11(12)15/h8-9H,3-7H2,1-2H3. The molecule has 0 saturated carbocycles. The predicted octanol–water partition coefficient (Wildman–Crippen LogP) is 2.76. The molecule has 0 amide bonds. The fraction of sp³-hybridized carbons (Fsp3) is 0.667. The molecule has 1 aromatic rings. The molecular weight excluding hydrogens is 188 g/mol. The van der Waals surface area contributed by atoms with Crippen LogP contribution in [0.4, 0.5) is 0 Å². The van der Waals surface area contributed by atoms with E-state index in [0.29, 0.717) is 12.5 Å². The highest BCUT2D eigenvalue weighted by atomic mass is 16.1. The number of rotatable bonds is 3. The Morgan fingerprint density at radius 3 is 3.07 bits per heavy atom. The minimum Gasteiger partial charge on any atom is -0.292 e. The van der Waals surface area contributed by atoms with Crippen LogP contribution in [0.3, 0.4) is 0 Å². The van der Waals surface area contributed by atoms with Crippen LogP contribution >= 0.6 is 0 Å². The Labute approximate surface area is 90.5 Å². The molecule has 0 aromatic carbocycles. The number of hydrogen-bond acceptors (Lipinski definition) is 2. The van der Waals surface area contributed by atoms with Crippen LogP contribution in [0.15, 0.2) is 6.20 Å². The van der Waals surface area contributed by atoms with Crippen LogP contribution in [0, 0.1) is 0 Å². The van der Waals surface area contributed by atoms with Gasteiger partial charge in [0, 0.05) is 18.0 Å². The SMILES string of the molecule is CCCC(C)n1ncc2c1C(=O)CCC2. The molecule has 1 unspecified atom stereocenters. The van der Waals surface area contributed by atoms with E-state index in [9.17, 15) is 4.79 Å². The number of Topliss-reactive ketones (excluding diaryl/α,β-unsaturated/α-hetero) is 1. The number of aryl methyl sites for hydroxylation is 1. The van der Waals surface area contributed by atoms with Crippen molar-refractivity contribution in [3.63, 3.8) is 0 Å². The van der Waals surface area contributed by atoms with Crippen molar-refractivity contribution in [2.45, 2.75) is 52.0 Å². The Balaban J connectivity index is 2.33. The van der Waals surface area contributed by atoms with E-state index in [0.717, 1.165) is 36.9 Å². The molecule has 0 N–H and O–H groups in total. The molecule has 1 aliphatic carbocycles. The largest absolute Gasteiger partial charge is 0.292 e. The van der Waals surface area contributed by atoms with E-state index in [1.165, 1.54) is 0 Å². The van der Waals surface area contributed by atoms with Gasteiger partial charge in [-0.15, -0.1) is 0 Å². The first-order valence-electron chi connectivity index (χ1n) is 5.83. The fourth-order valence-corrected chi connectivity index (χ4v) is 2.32. The zero-order valence-corrected chi connectivity index (χ0v) is 9.49. The molecule has 15 heavy (non-hydrogen) atoms. The molecule has 3 nitrogen and oxygen atoms in total. The van der Waals surface area contributed by atoms with Gasteiger partial charge in [0.05, 0.1) is 6.20 Å². The lowest BCUT2D eigenvalue weighted by Crippen LogP contribution is -2.18. The summed E-state index contributed by atoms with van der Waals surface area (Å²) < 4.78 is 1.93. The van der Waals surface area contributed by atoms with Crippen molar-refractivity contribution in [2.75, 3.05) is 0 Å². The maximum absolute atomic E-state index is 11.8. The molecule has 0 radical (unpaired) electrons. The van der Waals surface area contributed by atoms with E-state index in [2.05, 4.69) is 18.9 Å². The van der Waals surface area contributed by atoms with Gasteiger partial charge in [-0.25, -0.2) is 0 Å². The van der Waals surface area contributed by atoms with Crippen molar-refractivity contribution in [1.29, 1.82) is 0 Å². The second kappa shape index (κ2) is 4.17. The maximum atomic E-state index is 11.8. The monoisotopic (exact) mass is 206 g/mol. The highest BCUT2D eigenvalue weighted by molar-refractivity contribution is 5.96. The van der Waals surface area contributed by atoms with Gasteiger partial charge < -0.3 is 0 Å².